The number of nitrogen functional groups attached to an aromatic ring is 1. The van der Waals surface area contributed by atoms with Gasteiger partial charge in [-0.2, -0.15) is 5.10 Å². The van der Waals surface area contributed by atoms with E-state index in [9.17, 15) is 0 Å². The number of anilines is 1. The Morgan fingerprint density at radius 3 is 2.21 bits per heavy atom. The van der Waals surface area contributed by atoms with Crippen LogP contribution in [0.5, 0.6) is 0 Å². The Bertz CT molecular complexity index is 825. The van der Waals surface area contributed by atoms with Crippen molar-refractivity contribution in [1.29, 1.82) is 0 Å². The average molecular weight is 340 g/mol. The highest BCUT2D eigenvalue weighted by molar-refractivity contribution is 6.30. The van der Waals surface area contributed by atoms with Crippen LogP contribution < -0.4 is 5.73 Å². The Hall–Kier alpha value is -2.26. The third-order valence-corrected chi connectivity index (χ3v) is 4.36. The van der Waals surface area contributed by atoms with Crippen LogP contribution >= 0.6 is 11.6 Å². The predicted octanol–water partition coefficient (Wildman–Crippen LogP) is 5.13. The molecule has 0 atom stereocenters. The van der Waals surface area contributed by atoms with Crippen molar-refractivity contribution in [3.63, 3.8) is 0 Å². The minimum absolute atomic E-state index is 0.144. The fraction of sp³-hybridized carbons (Fsp3) is 0.250. The van der Waals surface area contributed by atoms with Gasteiger partial charge in [0.15, 0.2) is 0 Å². The topological polar surface area (TPSA) is 43.8 Å². The predicted molar refractivity (Wildman–Crippen MR) is 101 cm³/mol. The van der Waals surface area contributed by atoms with Crippen LogP contribution in [0.25, 0.3) is 11.3 Å². The van der Waals surface area contributed by atoms with E-state index in [1.54, 1.807) is 0 Å². The van der Waals surface area contributed by atoms with Gasteiger partial charge < -0.3 is 5.73 Å². The van der Waals surface area contributed by atoms with E-state index in [2.05, 4.69) is 50.1 Å². The number of hydrogen-bond acceptors (Lipinski definition) is 2. The molecule has 24 heavy (non-hydrogen) atoms. The van der Waals surface area contributed by atoms with E-state index in [-0.39, 0.29) is 5.41 Å². The van der Waals surface area contributed by atoms with Crippen LogP contribution in [0.1, 0.15) is 31.9 Å². The zero-order valence-corrected chi connectivity index (χ0v) is 15.0. The summed E-state index contributed by atoms with van der Waals surface area (Å²) >= 11 is 5.93. The van der Waals surface area contributed by atoms with Gasteiger partial charge in [0, 0.05) is 16.7 Å². The van der Waals surface area contributed by atoms with Crippen molar-refractivity contribution in [2.75, 3.05) is 5.73 Å². The normalized spacial score (nSPS) is 11.7. The minimum Gasteiger partial charge on any atom is -0.384 e. The summed E-state index contributed by atoms with van der Waals surface area (Å²) in [7, 11) is 0. The van der Waals surface area contributed by atoms with Crippen LogP contribution in [0.2, 0.25) is 5.02 Å². The molecule has 1 aromatic heterocycles. The molecule has 124 valence electrons. The zero-order valence-electron chi connectivity index (χ0n) is 14.3. The molecular weight excluding hydrogens is 318 g/mol. The van der Waals surface area contributed by atoms with Crippen LogP contribution in [0.15, 0.2) is 54.6 Å². The average Bonchev–Trinajstić information content (AvgIpc) is 2.90. The van der Waals surface area contributed by atoms with E-state index >= 15 is 0 Å². The summed E-state index contributed by atoms with van der Waals surface area (Å²) in [6.45, 7) is 7.26. The number of aromatic nitrogens is 2. The van der Waals surface area contributed by atoms with E-state index in [0.29, 0.717) is 12.4 Å². The second-order valence-corrected chi connectivity index (χ2v) is 7.50. The zero-order chi connectivity index (χ0) is 17.3. The molecule has 0 radical (unpaired) electrons. The SMILES string of the molecule is CC(C)(C)c1ccc(-c2cc(N)n(Cc3ccc(Cl)cc3)n2)cc1. The molecule has 0 bridgehead atoms. The van der Waals surface area contributed by atoms with Crippen molar-refractivity contribution in [2.24, 2.45) is 0 Å². The Labute approximate surface area is 148 Å². The van der Waals surface area contributed by atoms with Gasteiger partial charge in [0.1, 0.15) is 5.82 Å². The van der Waals surface area contributed by atoms with Crippen molar-refractivity contribution in [2.45, 2.75) is 32.7 Å². The molecule has 0 aliphatic heterocycles. The lowest BCUT2D eigenvalue weighted by Crippen LogP contribution is -2.10. The fourth-order valence-corrected chi connectivity index (χ4v) is 2.73. The molecule has 0 aliphatic carbocycles. The lowest BCUT2D eigenvalue weighted by Gasteiger charge is -2.18. The van der Waals surface area contributed by atoms with Crippen LogP contribution in [0.4, 0.5) is 5.82 Å². The Kier molecular flexibility index (Phi) is 4.37. The summed E-state index contributed by atoms with van der Waals surface area (Å²) in [6, 6.07) is 18.2. The number of halogens is 1. The number of hydrogen-bond donors (Lipinski definition) is 1. The van der Waals surface area contributed by atoms with Crippen molar-refractivity contribution in [1.82, 2.24) is 9.78 Å². The van der Waals surface area contributed by atoms with Gasteiger partial charge in [0.25, 0.3) is 0 Å². The third-order valence-electron chi connectivity index (χ3n) is 4.10. The monoisotopic (exact) mass is 339 g/mol. The second-order valence-electron chi connectivity index (χ2n) is 7.07. The van der Waals surface area contributed by atoms with Crippen LogP contribution in [0.3, 0.4) is 0 Å². The molecular formula is C20H22ClN3. The second kappa shape index (κ2) is 6.33. The molecule has 3 aromatic rings. The maximum absolute atomic E-state index is 6.13. The lowest BCUT2D eigenvalue weighted by atomic mass is 9.86. The van der Waals surface area contributed by atoms with Gasteiger partial charge in [-0.15, -0.1) is 0 Å². The first-order chi connectivity index (χ1) is 11.3. The Balaban J connectivity index is 1.84. The molecule has 0 fully saturated rings. The van der Waals surface area contributed by atoms with Gasteiger partial charge in [-0.3, -0.25) is 0 Å². The van der Waals surface area contributed by atoms with Crippen molar-refractivity contribution >= 4 is 17.4 Å². The van der Waals surface area contributed by atoms with E-state index in [4.69, 9.17) is 17.3 Å². The standard InChI is InChI=1S/C20H22ClN3/c1-20(2,3)16-8-6-15(7-9-16)18-12-19(22)24(23-18)13-14-4-10-17(21)11-5-14/h4-12H,13,22H2,1-3H3. The molecule has 3 nitrogen and oxygen atoms in total. The lowest BCUT2D eigenvalue weighted by molar-refractivity contribution is 0.590. The van der Waals surface area contributed by atoms with Crippen molar-refractivity contribution < 1.29 is 0 Å². The molecule has 0 spiro atoms. The van der Waals surface area contributed by atoms with Gasteiger partial charge in [0.2, 0.25) is 0 Å². The quantitative estimate of drug-likeness (QED) is 0.718. The first kappa shape index (κ1) is 16.6. The Morgan fingerprint density at radius 2 is 1.62 bits per heavy atom. The summed E-state index contributed by atoms with van der Waals surface area (Å²) in [5.74, 6) is 0.653. The largest absolute Gasteiger partial charge is 0.384 e. The number of benzene rings is 2. The van der Waals surface area contributed by atoms with Crippen LogP contribution in [0, 0.1) is 0 Å². The highest BCUT2D eigenvalue weighted by Gasteiger charge is 2.14. The van der Waals surface area contributed by atoms with Crippen molar-refractivity contribution in [3.8, 4) is 11.3 Å². The molecule has 0 saturated carbocycles. The highest BCUT2D eigenvalue weighted by Crippen LogP contribution is 2.26. The molecule has 0 aliphatic rings. The van der Waals surface area contributed by atoms with Gasteiger partial charge in [0.05, 0.1) is 12.2 Å². The number of rotatable bonds is 3. The van der Waals surface area contributed by atoms with Gasteiger partial charge in [-0.25, -0.2) is 4.68 Å². The molecule has 1 heterocycles. The van der Waals surface area contributed by atoms with E-state index in [1.807, 2.05) is 35.0 Å². The summed E-state index contributed by atoms with van der Waals surface area (Å²) < 4.78 is 1.82. The number of nitrogens with zero attached hydrogens (tertiary/aromatic N) is 2. The van der Waals surface area contributed by atoms with Crippen molar-refractivity contribution in [3.05, 3.63) is 70.7 Å². The van der Waals surface area contributed by atoms with E-state index < -0.39 is 0 Å². The minimum atomic E-state index is 0.144. The van der Waals surface area contributed by atoms with Gasteiger partial charge >= 0.3 is 0 Å². The Morgan fingerprint density at radius 1 is 1.00 bits per heavy atom. The maximum atomic E-state index is 6.13. The summed E-state index contributed by atoms with van der Waals surface area (Å²) in [5.41, 5.74) is 10.7. The van der Waals surface area contributed by atoms with Gasteiger partial charge in [-0.1, -0.05) is 68.8 Å². The highest BCUT2D eigenvalue weighted by atomic mass is 35.5. The molecule has 3 rings (SSSR count). The van der Waals surface area contributed by atoms with Crippen LogP contribution in [-0.2, 0) is 12.0 Å². The molecule has 0 amide bonds. The molecule has 0 saturated heterocycles. The van der Waals surface area contributed by atoms with E-state index in [1.165, 1.54) is 5.56 Å². The van der Waals surface area contributed by atoms with Crippen LogP contribution in [-0.4, -0.2) is 9.78 Å². The molecule has 2 N–H and O–H groups in total. The molecule has 0 unspecified atom stereocenters. The summed E-state index contributed by atoms with van der Waals surface area (Å²) in [5, 5.41) is 5.38. The molecule has 4 heteroatoms. The maximum Gasteiger partial charge on any atom is 0.122 e. The number of nitrogens with two attached hydrogens (primary N) is 1. The summed E-state index contributed by atoms with van der Waals surface area (Å²) in [4.78, 5) is 0. The third kappa shape index (κ3) is 3.62. The fourth-order valence-electron chi connectivity index (χ4n) is 2.60. The smallest absolute Gasteiger partial charge is 0.122 e. The first-order valence-electron chi connectivity index (χ1n) is 8.01. The molecule has 2 aromatic carbocycles. The van der Waals surface area contributed by atoms with Gasteiger partial charge in [-0.05, 0) is 28.7 Å². The van der Waals surface area contributed by atoms with E-state index in [0.717, 1.165) is 21.8 Å². The first-order valence-corrected chi connectivity index (χ1v) is 8.39. The summed E-state index contributed by atoms with van der Waals surface area (Å²) in [6.07, 6.45) is 0.